The summed E-state index contributed by atoms with van der Waals surface area (Å²) in [5.41, 5.74) is 8.67. The molecule has 0 aliphatic heterocycles. The lowest BCUT2D eigenvalue weighted by Gasteiger charge is -2.17. The molecule has 146 valence electrons. The molecule has 30 heavy (non-hydrogen) atoms. The third-order valence-electron chi connectivity index (χ3n) is 5.76. The van der Waals surface area contributed by atoms with E-state index in [1.807, 2.05) is 0 Å². The van der Waals surface area contributed by atoms with E-state index in [-0.39, 0.29) is 0 Å². The first-order chi connectivity index (χ1) is 14.8. The number of aromatic nitrogens is 1. The van der Waals surface area contributed by atoms with E-state index in [1.54, 1.807) is 0 Å². The lowest BCUT2D eigenvalue weighted by Crippen LogP contribution is -2.01. The predicted molar refractivity (Wildman–Crippen MR) is 128 cm³/mol. The van der Waals surface area contributed by atoms with Crippen molar-refractivity contribution in [3.8, 4) is 28.2 Å². The van der Waals surface area contributed by atoms with Crippen LogP contribution in [0.4, 0.5) is 0 Å². The number of para-hydroxylation sites is 1. The Balaban J connectivity index is 1.84. The largest absolute Gasteiger partial charge is 0.309 e. The monoisotopic (exact) mass is 387 g/mol. The second-order valence-corrected chi connectivity index (χ2v) is 7.93. The van der Waals surface area contributed by atoms with Crippen LogP contribution < -0.4 is 0 Å². The molecule has 0 bridgehead atoms. The molecule has 1 heterocycles. The molecule has 3 aromatic carbocycles. The minimum absolute atomic E-state index is 0.596. The number of allylic oxidation sites excluding steroid dienone is 4. The van der Waals surface area contributed by atoms with Gasteiger partial charge in [-0.3, -0.25) is 0 Å². The Hall–Kier alpha value is -3.58. The summed E-state index contributed by atoms with van der Waals surface area (Å²) in [6, 6.07) is 34.5. The fourth-order valence-electron chi connectivity index (χ4n) is 4.20. The predicted octanol–water partition coefficient (Wildman–Crippen LogP) is 7.79. The maximum absolute atomic E-state index is 2.41. The minimum Gasteiger partial charge on any atom is -0.309 e. The highest BCUT2D eigenvalue weighted by Crippen LogP contribution is 2.40. The lowest BCUT2D eigenvalue weighted by atomic mass is 9.92. The Labute approximate surface area is 178 Å². The molecular formula is C29H25N. The first-order valence-electron chi connectivity index (χ1n) is 10.6. The number of benzene rings is 3. The first kappa shape index (κ1) is 18.4. The van der Waals surface area contributed by atoms with Gasteiger partial charge in [0.25, 0.3) is 0 Å². The molecule has 4 aromatic rings. The Morgan fingerprint density at radius 1 is 0.733 bits per heavy atom. The van der Waals surface area contributed by atoms with Crippen molar-refractivity contribution >= 4 is 5.57 Å². The van der Waals surface area contributed by atoms with Crippen LogP contribution in [0.3, 0.4) is 0 Å². The quantitative estimate of drug-likeness (QED) is 0.337. The molecule has 5 rings (SSSR count). The average molecular weight is 388 g/mol. The summed E-state index contributed by atoms with van der Waals surface area (Å²) in [6.07, 6.45) is 8.08. The fourth-order valence-corrected chi connectivity index (χ4v) is 4.20. The number of rotatable bonds is 4. The Kier molecular flexibility index (Phi) is 4.94. The van der Waals surface area contributed by atoms with Crippen molar-refractivity contribution in [3.63, 3.8) is 0 Å². The summed E-state index contributed by atoms with van der Waals surface area (Å²) in [4.78, 5) is 0. The molecule has 0 spiro atoms. The Bertz CT molecular complexity index is 1200. The molecule has 0 radical (unpaired) electrons. The van der Waals surface area contributed by atoms with Crippen molar-refractivity contribution in [1.82, 2.24) is 4.57 Å². The van der Waals surface area contributed by atoms with Crippen LogP contribution in [0, 0.1) is 5.92 Å². The maximum Gasteiger partial charge on any atom is 0.0613 e. The van der Waals surface area contributed by atoms with Crippen molar-refractivity contribution in [2.75, 3.05) is 0 Å². The third kappa shape index (κ3) is 3.44. The molecule has 1 atom stereocenters. The fraction of sp³-hybridized carbons (Fsp3) is 0.103. The summed E-state index contributed by atoms with van der Waals surface area (Å²) in [7, 11) is 0. The van der Waals surface area contributed by atoms with E-state index in [1.165, 1.54) is 39.3 Å². The van der Waals surface area contributed by atoms with Gasteiger partial charge in [0.1, 0.15) is 0 Å². The van der Waals surface area contributed by atoms with Gasteiger partial charge in [0, 0.05) is 11.3 Å². The topological polar surface area (TPSA) is 4.93 Å². The normalized spacial score (nSPS) is 15.8. The summed E-state index contributed by atoms with van der Waals surface area (Å²) in [5, 5.41) is 0. The summed E-state index contributed by atoms with van der Waals surface area (Å²) in [5.74, 6) is 0.596. The molecular weight excluding hydrogens is 362 g/mol. The van der Waals surface area contributed by atoms with Gasteiger partial charge in [0.2, 0.25) is 0 Å². The van der Waals surface area contributed by atoms with Gasteiger partial charge in [-0.2, -0.15) is 0 Å². The van der Waals surface area contributed by atoms with Gasteiger partial charge in [-0.25, -0.2) is 0 Å². The van der Waals surface area contributed by atoms with E-state index in [4.69, 9.17) is 0 Å². The molecule has 1 nitrogen and oxygen atoms in total. The van der Waals surface area contributed by atoms with E-state index in [0.29, 0.717) is 5.92 Å². The molecule has 0 amide bonds. The van der Waals surface area contributed by atoms with Gasteiger partial charge in [0.05, 0.1) is 11.4 Å². The second kappa shape index (κ2) is 8.04. The highest BCUT2D eigenvalue weighted by Gasteiger charge is 2.21. The summed E-state index contributed by atoms with van der Waals surface area (Å²) in [6.45, 7) is 2.27. The number of hydrogen-bond donors (Lipinski definition) is 0. The van der Waals surface area contributed by atoms with Gasteiger partial charge in [-0.1, -0.05) is 104 Å². The van der Waals surface area contributed by atoms with Crippen LogP contribution in [-0.4, -0.2) is 4.57 Å². The van der Waals surface area contributed by atoms with Gasteiger partial charge < -0.3 is 4.57 Å². The van der Waals surface area contributed by atoms with Crippen molar-refractivity contribution in [3.05, 3.63) is 121 Å². The SMILES string of the molecule is CC1C=CC(c2cc(-c3ccccc3)n(-c3ccccc3)c2-c2ccccc2)=CC1. The van der Waals surface area contributed by atoms with Crippen molar-refractivity contribution in [2.45, 2.75) is 13.3 Å². The Morgan fingerprint density at radius 3 is 1.93 bits per heavy atom. The zero-order chi connectivity index (χ0) is 20.3. The van der Waals surface area contributed by atoms with Crippen LogP contribution in [0.5, 0.6) is 0 Å². The van der Waals surface area contributed by atoms with Gasteiger partial charge in [-0.15, -0.1) is 0 Å². The van der Waals surface area contributed by atoms with Crippen molar-refractivity contribution < 1.29 is 0 Å². The highest BCUT2D eigenvalue weighted by molar-refractivity contribution is 5.89. The zero-order valence-electron chi connectivity index (χ0n) is 17.2. The van der Waals surface area contributed by atoms with Crippen LogP contribution in [0.1, 0.15) is 18.9 Å². The van der Waals surface area contributed by atoms with Crippen LogP contribution in [0.25, 0.3) is 33.8 Å². The van der Waals surface area contributed by atoms with Crippen LogP contribution in [0.2, 0.25) is 0 Å². The lowest BCUT2D eigenvalue weighted by molar-refractivity contribution is 0.739. The molecule has 1 heteroatoms. The summed E-state index contributed by atoms with van der Waals surface area (Å²) < 4.78 is 2.41. The molecule has 0 fully saturated rings. The second-order valence-electron chi connectivity index (χ2n) is 7.93. The molecule has 0 saturated heterocycles. The van der Waals surface area contributed by atoms with Crippen LogP contribution in [-0.2, 0) is 0 Å². The van der Waals surface area contributed by atoms with E-state index in [2.05, 4.69) is 127 Å². The van der Waals surface area contributed by atoms with E-state index >= 15 is 0 Å². The van der Waals surface area contributed by atoms with Crippen molar-refractivity contribution in [2.24, 2.45) is 5.92 Å². The van der Waals surface area contributed by atoms with Gasteiger partial charge >= 0.3 is 0 Å². The summed E-state index contributed by atoms with van der Waals surface area (Å²) >= 11 is 0. The first-order valence-corrected chi connectivity index (χ1v) is 10.6. The average Bonchev–Trinajstić information content (AvgIpc) is 3.22. The third-order valence-corrected chi connectivity index (χ3v) is 5.76. The van der Waals surface area contributed by atoms with E-state index in [0.717, 1.165) is 6.42 Å². The minimum atomic E-state index is 0.596. The van der Waals surface area contributed by atoms with E-state index in [9.17, 15) is 0 Å². The van der Waals surface area contributed by atoms with Gasteiger partial charge in [0.15, 0.2) is 0 Å². The zero-order valence-corrected chi connectivity index (χ0v) is 17.2. The smallest absolute Gasteiger partial charge is 0.0613 e. The molecule has 1 aliphatic carbocycles. The van der Waals surface area contributed by atoms with Gasteiger partial charge in [-0.05, 0) is 47.2 Å². The molecule has 0 saturated carbocycles. The molecule has 1 aliphatic rings. The van der Waals surface area contributed by atoms with Crippen LogP contribution in [0.15, 0.2) is 115 Å². The standard InChI is InChI=1S/C29H25N/c1-22-17-19-23(20-18-22)27-21-28(24-11-5-2-6-12-24)30(26-15-9-4-10-16-26)29(27)25-13-7-3-8-14-25/h2-17,19-22H,18H2,1H3. The number of nitrogens with zero attached hydrogens (tertiary/aromatic N) is 1. The van der Waals surface area contributed by atoms with E-state index < -0.39 is 0 Å². The molecule has 1 unspecified atom stereocenters. The van der Waals surface area contributed by atoms with Crippen LogP contribution >= 0.6 is 0 Å². The van der Waals surface area contributed by atoms with Crippen molar-refractivity contribution in [1.29, 1.82) is 0 Å². The maximum atomic E-state index is 2.41. The highest BCUT2D eigenvalue weighted by atomic mass is 15.0. The molecule has 0 N–H and O–H groups in total. The Morgan fingerprint density at radius 2 is 1.33 bits per heavy atom. The molecule has 1 aromatic heterocycles. The number of hydrogen-bond acceptors (Lipinski definition) is 0.